The van der Waals surface area contributed by atoms with Gasteiger partial charge in [0.1, 0.15) is 11.9 Å². The molecule has 1 aromatic heterocycles. The van der Waals surface area contributed by atoms with Crippen LogP contribution < -0.4 is 10.2 Å². The summed E-state index contributed by atoms with van der Waals surface area (Å²) < 4.78 is 11.0. The number of carboxylic acid groups (broad SMARTS) is 1. The molecule has 2 aliphatic rings. The Morgan fingerprint density at radius 3 is 2.32 bits per heavy atom. The average Bonchev–Trinajstić information content (AvgIpc) is 3.11. The van der Waals surface area contributed by atoms with Crippen LogP contribution in [0.2, 0.25) is 0 Å². The maximum absolute atomic E-state index is 13.7. The van der Waals surface area contributed by atoms with Crippen LogP contribution in [0.1, 0.15) is 62.5 Å². The molecule has 3 amide bonds. The van der Waals surface area contributed by atoms with Crippen molar-refractivity contribution in [1.29, 1.82) is 0 Å². The van der Waals surface area contributed by atoms with Crippen LogP contribution in [0.25, 0.3) is 11.3 Å². The smallest absolute Gasteiger partial charge is 0.409 e. The molecule has 0 spiro atoms. The van der Waals surface area contributed by atoms with Crippen molar-refractivity contribution in [2.45, 2.75) is 64.0 Å². The Bertz CT molecular complexity index is 1330. The van der Waals surface area contributed by atoms with Crippen molar-refractivity contribution in [1.82, 2.24) is 25.1 Å². The van der Waals surface area contributed by atoms with Crippen molar-refractivity contribution >= 4 is 29.7 Å². The van der Waals surface area contributed by atoms with E-state index in [0.29, 0.717) is 31.2 Å². The standard InChI is InChI=1S/C33H46N6O8/c1-2-3-7-21-47-33(45)39-18-16-38(17-19-39)32(44)26(10-11-29(41)42)35-31(43)30-34-27(24-8-5-4-6-9-24)23-28(36-30)37-14-12-25(13-15-37)46-22-20-40/h4-6,8-9,23,25-26,40H,2-3,7,10-22H2,1H3,(H,35,43)(H,41,42)/t26-/m0/s1. The van der Waals surface area contributed by atoms with Crippen molar-refractivity contribution in [3.05, 3.63) is 42.2 Å². The first-order chi connectivity index (χ1) is 22.8. The van der Waals surface area contributed by atoms with E-state index in [1.807, 2.05) is 41.3 Å². The summed E-state index contributed by atoms with van der Waals surface area (Å²) in [6.07, 6.45) is 3.39. The van der Waals surface area contributed by atoms with Crippen molar-refractivity contribution in [2.75, 3.05) is 64.0 Å². The number of aliphatic carboxylic acids is 1. The van der Waals surface area contributed by atoms with Gasteiger partial charge in [-0.1, -0.05) is 50.1 Å². The summed E-state index contributed by atoms with van der Waals surface area (Å²) >= 11 is 0. The first kappa shape index (κ1) is 35.6. The summed E-state index contributed by atoms with van der Waals surface area (Å²) in [7, 11) is 0. The predicted octanol–water partition coefficient (Wildman–Crippen LogP) is 2.56. The lowest BCUT2D eigenvalue weighted by atomic mass is 10.1. The summed E-state index contributed by atoms with van der Waals surface area (Å²) in [5.74, 6) is -1.80. The summed E-state index contributed by atoms with van der Waals surface area (Å²) in [5, 5.41) is 21.2. The lowest BCUT2D eigenvalue weighted by Gasteiger charge is -2.36. The Balaban J connectivity index is 1.47. The maximum Gasteiger partial charge on any atom is 0.409 e. The Kier molecular flexibility index (Phi) is 13.7. The number of piperazine rings is 1. The largest absolute Gasteiger partial charge is 0.481 e. The van der Waals surface area contributed by atoms with Gasteiger partial charge in [0.25, 0.3) is 5.91 Å². The van der Waals surface area contributed by atoms with E-state index in [1.165, 1.54) is 4.90 Å². The molecule has 2 saturated heterocycles. The molecule has 256 valence electrons. The number of aromatic nitrogens is 2. The Hall–Kier alpha value is -4.30. The molecule has 1 aromatic carbocycles. The van der Waals surface area contributed by atoms with Gasteiger partial charge in [0.2, 0.25) is 11.7 Å². The maximum atomic E-state index is 13.7. The summed E-state index contributed by atoms with van der Waals surface area (Å²) in [6, 6.07) is 10.1. The van der Waals surface area contributed by atoms with E-state index in [1.54, 1.807) is 4.90 Å². The number of hydrogen-bond acceptors (Lipinski definition) is 10. The number of nitrogens with zero attached hydrogens (tertiary/aromatic N) is 5. The van der Waals surface area contributed by atoms with Crippen molar-refractivity contribution in [3.63, 3.8) is 0 Å². The van der Waals surface area contributed by atoms with Crippen LogP contribution in [0.5, 0.6) is 0 Å². The number of carbonyl (C=O) groups excluding carboxylic acids is 3. The van der Waals surface area contributed by atoms with E-state index >= 15 is 0 Å². The van der Waals surface area contributed by atoms with Crippen LogP contribution in [0.3, 0.4) is 0 Å². The molecular weight excluding hydrogens is 608 g/mol. The van der Waals surface area contributed by atoms with Crippen LogP contribution in [0.4, 0.5) is 10.6 Å². The number of benzene rings is 1. The van der Waals surface area contributed by atoms with Gasteiger partial charge in [0.15, 0.2) is 0 Å². The third-order valence-corrected chi connectivity index (χ3v) is 8.27. The lowest BCUT2D eigenvalue weighted by Crippen LogP contribution is -2.56. The number of amides is 3. The fraction of sp³-hybridized carbons (Fsp3) is 0.576. The zero-order chi connectivity index (χ0) is 33.6. The van der Waals surface area contributed by atoms with Crippen molar-refractivity contribution < 1.29 is 38.9 Å². The van der Waals surface area contributed by atoms with E-state index in [-0.39, 0.29) is 64.2 Å². The number of rotatable bonds is 15. The van der Waals surface area contributed by atoms with Crippen LogP contribution in [-0.2, 0) is 19.1 Å². The molecule has 0 unspecified atom stereocenters. The SMILES string of the molecule is CCCCCOC(=O)N1CCN(C(=O)[C@H](CCC(=O)O)NC(=O)c2nc(-c3ccccc3)cc(N3CCC(OCCO)CC3)n2)CC1. The van der Waals surface area contributed by atoms with E-state index in [9.17, 15) is 24.3 Å². The molecule has 0 aliphatic carbocycles. The minimum atomic E-state index is -1.13. The Labute approximate surface area is 275 Å². The van der Waals surface area contributed by atoms with Gasteiger partial charge >= 0.3 is 12.1 Å². The van der Waals surface area contributed by atoms with Gasteiger partial charge in [0, 0.05) is 57.3 Å². The van der Waals surface area contributed by atoms with Crippen LogP contribution in [-0.4, -0.2) is 125 Å². The molecule has 3 heterocycles. The number of carboxylic acids is 1. The minimum absolute atomic E-state index is 0.0240. The highest BCUT2D eigenvalue weighted by Gasteiger charge is 2.32. The highest BCUT2D eigenvalue weighted by molar-refractivity contribution is 5.95. The first-order valence-corrected chi connectivity index (χ1v) is 16.4. The molecule has 2 fully saturated rings. The molecule has 14 nitrogen and oxygen atoms in total. The fourth-order valence-corrected chi connectivity index (χ4v) is 5.61. The molecule has 14 heteroatoms. The number of aliphatic hydroxyl groups is 1. The van der Waals surface area contributed by atoms with Gasteiger partial charge in [-0.15, -0.1) is 0 Å². The number of unbranched alkanes of at least 4 members (excludes halogenated alkanes) is 2. The zero-order valence-corrected chi connectivity index (χ0v) is 27.0. The third-order valence-electron chi connectivity index (χ3n) is 8.27. The number of aliphatic hydroxyl groups excluding tert-OH is 1. The molecule has 0 saturated carbocycles. The molecule has 47 heavy (non-hydrogen) atoms. The second-order valence-electron chi connectivity index (χ2n) is 11.7. The molecule has 2 aliphatic heterocycles. The molecule has 0 bridgehead atoms. The summed E-state index contributed by atoms with van der Waals surface area (Å²) in [4.78, 5) is 65.4. The Morgan fingerprint density at radius 2 is 1.66 bits per heavy atom. The fourth-order valence-electron chi connectivity index (χ4n) is 5.61. The van der Waals surface area contributed by atoms with Crippen molar-refractivity contribution in [3.8, 4) is 11.3 Å². The van der Waals surface area contributed by atoms with E-state index < -0.39 is 29.9 Å². The number of hydrogen-bond donors (Lipinski definition) is 3. The van der Waals surface area contributed by atoms with E-state index in [0.717, 1.165) is 37.7 Å². The number of carbonyl (C=O) groups is 4. The lowest BCUT2D eigenvalue weighted by molar-refractivity contribution is -0.138. The highest BCUT2D eigenvalue weighted by Crippen LogP contribution is 2.25. The molecule has 3 N–H and O–H groups in total. The highest BCUT2D eigenvalue weighted by atomic mass is 16.6. The molecule has 0 radical (unpaired) electrons. The number of nitrogens with one attached hydrogen (secondary N) is 1. The number of ether oxygens (including phenoxy) is 2. The monoisotopic (exact) mass is 654 g/mol. The van der Waals surface area contributed by atoms with E-state index in [4.69, 9.17) is 14.6 Å². The van der Waals surface area contributed by atoms with Crippen molar-refractivity contribution in [2.24, 2.45) is 0 Å². The van der Waals surface area contributed by atoms with Gasteiger partial charge in [0.05, 0.1) is 31.6 Å². The zero-order valence-electron chi connectivity index (χ0n) is 27.0. The molecule has 4 rings (SSSR count). The topological polar surface area (TPSA) is 175 Å². The van der Waals surface area contributed by atoms with Crippen LogP contribution in [0.15, 0.2) is 36.4 Å². The second-order valence-corrected chi connectivity index (χ2v) is 11.7. The molecular formula is C33H46N6O8. The summed E-state index contributed by atoms with van der Waals surface area (Å²) in [5.41, 5.74) is 1.32. The van der Waals surface area contributed by atoms with Gasteiger partial charge in [-0.2, -0.15) is 0 Å². The van der Waals surface area contributed by atoms with Gasteiger partial charge < -0.3 is 39.7 Å². The average molecular weight is 655 g/mol. The number of anilines is 1. The van der Waals surface area contributed by atoms with Gasteiger partial charge in [-0.25, -0.2) is 14.8 Å². The second kappa shape index (κ2) is 18.1. The molecule has 2 aromatic rings. The van der Waals surface area contributed by atoms with Crippen LogP contribution in [0, 0.1) is 0 Å². The first-order valence-electron chi connectivity index (χ1n) is 16.4. The summed E-state index contributed by atoms with van der Waals surface area (Å²) in [6.45, 7) is 4.90. The van der Waals surface area contributed by atoms with Gasteiger partial charge in [-0.3, -0.25) is 14.4 Å². The minimum Gasteiger partial charge on any atom is -0.481 e. The molecule has 1 atom stereocenters. The van der Waals surface area contributed by atoms with Crippen LogP contribution >= 0.6 is 0 Å². The quantitative estimate of drug-likeness (QED) is 0.241. The Morgan fingerprint density at radius 1 is 0.957 bits per heavy atom. The predicted molar refractivity (Wildman–Crippen MR) is 173 cm³/mol. The van der Waals surface area contributed by atoms with Gasteiger partial charge in [-0.05, 0) is 25.7 Å². The normalized spacial score (nSPS) is 16.1. The van der Waals surface area contributed by atoms with E-state index in [2.05, 4.69) is 22.2 Å². The number of piperidine rings is 1. The third kappa shape index (κ3) is 10.6.